The molecule has 1 saturated heterocycles. The summed E-state index contributed by atoms with van der Waals surface area (Å²) in [7, 11) is 0. The quantitative estimate of drug-likeness (QED) is 0.194. The minimum atomic E-state index is -1.29. The van der Waals surface area contributed by atoms with E-state index in [1.165, 1.54) is 6.07 Å². The summed E-state index contributed by atoms with van der Waals surface area (Å²) in [5, 5.41) is 10.1. The number of carboxylic acids is 1. The zero-order valence-electron chi connectivity index (χ0n) is 26.5. The highest BCUT2D eigenvalue weighted by atomic mass is 35.5. The molecule has 2 aromatic heterocycles. The summed E-state index contributed by atoms with van der Waals surface area (Å²) < 4.78 is 31.9. The first-order valence-corrected chi connectivity index (χ1v) is 16.4. The number of fused-ring (bicyclic) bond motifs is 3. The lowest BCUT2D eigenvalue weighted by molar-refractivity contribution is -0.0712. The maximum absolute atomic E-state index is 15.0. The third kappa shape index (κ3) is 4.88. The average Bonchev–Trinajstić information content (AvgIpc) is 3.26. The number of rotatable bonds is 8. The number of benzene rings is 3. The number of likely N-dealkylation sites (tertiary alicyclic amines) is 1. The molecule has 11 heteroatoms. The van der Waals surface area contributed by atoms with E-state index in [-0.39, 0.29) is 11.0 Å². The van der Waals surface area contributed by atoms with E-state index in [4.69, 9.17) is 26.1 Å². The molecule has 9 nitrogen and oxygen atoms in total. The van der Waals surface area contributed by atoms with Gasteiger partial charge in [-0.05, 0) is 81.1 Å². The van der Waals surface area contributed by atoms with Gasteiger partial charge < -0.3 is 23.7 Å². The van der Waals surface area contributed by atoms with Crippen molar-refractivity contribution in [2.75, 3.05) is 13.1 Å². The van der Waals surface area contributed by atoms with Crippen molar-refractivity contribution in [3.05, 3.63) is 106 Å². The second kappa shape index (κ2) is 10.8. The predicted octanol–water partition coefficient (Wildman–Crippen LogP) is 6.91. The zero-order chi connectivity index (χ0) is 32.7. The molecule has 1 aliphatic carbocycles. The zero-order valence-corrected chi connectivity index (χ0v) is 27.2. The third-order valence-corrected chi connectivity index (χ3v) is 10.6. The number of para-hydroxylation sites is 1. The molecule has 0 radical (unpaired) electrons. The Labute approximate surface area is 276 Å². The van der Waals surface area contributed by atoms with Crippen LogP contribution in [0.4, 0.5) is 4.39 Å². The molecule has 4 heterocycles. The Morgan fingerprint density at radius 3 is 2.77 bits per heavy atom. The fourth-order valence-electron chi connectivity index (χ4n) is 7.77. The number of ether oxygens (including phenoxy) is 2. The Morgan fingerprint density at radius 2 is 2.00 bits per heavy atom. The summed E-state index contributed by atoms with van der Waals surface area (Å²) in [6, 6.07) is 14.0. The number of halogens is 2. The summed E-state index contributed by atoms with van der Waals surface area (Å²) in [6.07, 6.45) is 5.66. The second-order valence-corrected chi connectivity index (χ2v) is 13.6. The standard InChI is InChI=1S/C36H35ClFN5O4/c1-4-42-20-39-16-25(42)18-43-29-13-22(34(44)45)12-21(2)32(29)40-31(43)19-41-11-10-36(15-23(36)17-41)27-6-5-7-30-33(27)47-35(3,46-30)26-9-8-24(37)14-28(26)38/h5-9,12-14,16,20,23H,4,10-11,15,17-19H2,1-3H3,(H,44,45). The minimum Gasteiger partial charge on any atom is -0.478 e. The lowest BCUT2D eigenvalue weighted by atomic mass is 9.86. The van der Waals surface area contributed by atoms with Crippen LogP contribution in [0.25, 0.3) is 11.0 Å². The molecule has 2 aliphatic heterocycles. The van der Waals surface area contributed by atoms with Crippen molar-refractivity contribution in [1.29, 1.82) is 0 Å². The number of carbonyl (C=O) groups is 1. The number of aromatic nitrogens is 4. The lowest BCUT2D eigenvalue weighted by Crippen LogP contribution is -2.37. The highest BCUT2D eigenvalue weighted by Gasteiger charge is 2.60. The fraction of sp³-hybridized carbons (Fsp3) is 0.361. The molecule has 3 aliphatic rings. The molecule has 0 bridgehead atoms. The van der Waals surface area contributed by atoms with Crippen molar-refractivity contribution >= 4 is 28.6 Å². The Balaban J connectivity index is 1.06. The predicted molar refractivity (Wildman–Crippen MR) is 175 cm³/mol. The van der Waals surface area contributed by atoms with Gasteiger partial charge in [-0.3, -0.25) is 4.90 Å². The van der Waals surface area contributed by atoms with E-state index in [0.717, 1.165) is 66.2 Å². The van der Waals surface area contributed by atoms with E-state index in [9.17, 15) is 14.3 Å². The number of piperidine rings is 1. The van der Waals surface area contributed by atoms with E-state index in [0.29, 0.717) is 41.1 Å². The van der Waals surface area contributed by atoms with Crippen LogP contribution in [0.5, 0.6) is 11.5 Å². The van der Waals surface area contributed by atoms with E-state index in [2.05, 4.69) is 32.0 Å². The second-order valence-electron chi connectivity index (χ2n) is 13.2. The molecule has 3 atom stereocenters. The number of aryl methyl sites for hydroxylation is 2. The molecule has 0 spiro atoms. The SMILES string of the molecule is CCn1cncc1Cn1c(CN2CCC3(c4cccc5c4OC(C)(c4ccc(Cl)cc4F)O5)CC3C2)nc2c(C)cc(C(=O)O)cc21. The van der Waals surface area contributed by atoms with Crippen LogP contribution in [-0.4, -0.2) is 48.2 Å². The van der Waals surface area contributed by atoms with Gasteiger partial charge in [0.2, 0.25) is 0 Å². The first kappa shape index (κ1) is 30.0. The smallest absolute Gasteiger partial charge is 0.335 e. The molecule has 3 aromatic carbocycles. The maximum Gasteiger partial charge on any atom is 0.335 e. The summed E-state index contributed by atoms with van der Waals surface area (Å²) >= 11 is 6.01. The van der Waals surface area contributed by atoms with Gasteiger partial charge in [0.1, 0.15) is 11.6 Å². The summed E-state index contributed by atoms with van der Waals surface area (Å²) in [5.41, 5.74) is 5.17. The first-order valence-electron chi connectivity index (χ1n) is 16.0. The Morgan fingerprint density at radius 1 is 1.15 bits per heavy atom. The van der Waals surface area contributed by atoms with Crippen molar-refractivity contribution in [3.8, 4) is 11.5 Å². The van der Waals surface area contributed by atoms with Crippen LogP contribution in [0, 0.1) is 18.7 Å². The van der Waals surface area contributed by atoms with Crippen molar-refractivity contribution < 1.29 is 23.8 Å². The summed E-state index contributed by atoms with van der Waals surface area (Å²) in [4.78, 5) is 23.8. The van der Waals surface area contributed by atoms with Gasteiger partial charge in [0.05, 0.1) is 47.3 Å². The topological polar surface area (TPSA) is 94.6 Å². The molecular formula is C36H35ClFN5O4. The van der Waals surface area contributed by atoms with Crippen LogP contribution in [0.3, 0.4) is 0 Å². The van der Waals surface area contributed by atoms with Crippen LogP contribution >= 0.6 is 11.6 Å². The van der Waals surface area contributed by atoms with Crippen LogP contribution < -0.4 is 9.47 Å². The number of carboxylic acid groups (broad SMARTS) is 1. The van der Waals surface area contributed by atoms with E-state index in [1.807, 2.05) is 31.6 Å². The molecule has 2 fully saturated rings. The van der Waals surface area contributed by atoms with Gasteiger partial charge in [-0.2, -0.15) is 0 Å². The first-order chi connectivity index (χ1) is 22.6. The van der Waals surface area contributed by atoms with Crippen molar-refractivity contribution in [2.45, 2.75) is 64.4 Å². The number of imidazole rings is 2. The van der Waals surface area contributed by atoms with Crippen LogP contribution in [0.2, 0.25) is 5.02 Å². The number of nitrogens with zero attached hydrogens (tertiary/aromatic N) is 5. The molecule has 8 rings (SSSR count). The van der Waals surface area contributed by atoms with Crippen LogP contribution in [0.1, 0.15) is 65.3 Å². The molecule has 242 valence electrons. The third-order valence-electron chi connectivity index (χ3n) is 10.3. The molecular weight excluding hydrogens is 621 g/mol. The molecule has 47 heavy (non-hydrogen) atoms. The van der Waals surface area contributed by atoms with Crippen molar-refractivity contribution in [1.82, 2.24) is 24.0 Å². The Hall–Kier alpha value is -4.41. The summed E-state index contributed by atoms with van der Waals surface area (Å²) in [5.74, 6) is -0.0723. The maximum atomic E-state index is 15.0. The molecule has 0 amide bonds. The van der Waals surface area contributed by atoms with E-state index >= 15 is 0 Å². The average molecular weight is 656 g/mol. The van der Waals surface area contributed by atoms with Crippen molar-refractivity contribution in [3.63, 3.8) is 0 Å². The van der Waals surface area contributed by atoms with Gasteiger partial charge in [-0.1, -0.05) is 23.7 Å². The normalized spacial score (nSPS) is 23.3. The van der Waals surface area contributed by atoms with E-state index < -0.39 is 17.6 Å². The number of hydrogen-bond donors (Lipinski definition) is 1. The van der Waals surface area contributed by atoms with Crippen LogP contribution in [0.15, 0.2) is 61.1 Å². The highest BCUT2D eigenvalue weighted by Crippen LogP contribution is 2.63. The lowest BCUT2D eigenvalue weighted by Gasteiger charge is -2.32. The largest absolute Gasteiger partial charge is 0.478 e. The number of hydrogen-bond acceptors (Lipinski definition) is 6. The molecule has 3 unspecified atom stereocenters. The minimum absolute atomic E-state index is 0.0320. The van der Waals surface area contributed by atoms with Crippen LogP contribution in [-0.2, 0) is 30.8 Å². The summed E-state index contributed by atoms with van der Waals surface area (Å²) in [6.45, 7) is 9.47. The molecule has 1 N–H and O–H groups in total. The Bertz CT molecular complexity index is 2080. The van der Waals surface area contributed by atoms with Gasteiger partial charge in [-0.25, -0.2) is 19.2 Å². The molecule has 5 aromatic rings. The van der Waals surface area contributed by atoms with Gasteiger partial charge in [-0.15, -0.1) is 0 Å². The van der Waals surface area contributed by atoms with E-state index in [1.54, 1.807) is 31.2 Å². The molecule has 1 saturated carbocycles. The highest BCUT2D eigenvalue weighted by molar-refractivity contribution is 6.30. The van der Waals surface area contributed by atoms with Gasteiger partial charge >= 0.3 is 5.97 Å². The number of aromatic carboxylic acids is 1. The van der Waals surface area contributed by atoms with Gasteiger partial charge in [0.25, 0.3) is 5.79 Å². The van der Waals surface area contributed by atoms with Gasteiger partial charge in [0, 0.05) is 42.2 Å². The monoisotopic (exact) mass is 655 g/mol. The fourth-order valence-corrected chi connectivity index (χ4v) is 7.93. The van der Waals surface area contributed by atoms with Gasteiger partial charge in [0.15, 0.2) is 11.5 Å². The van der Waals surface area contributed by atoms with Crippen molar-refractivity contribution in [2.24, 2.45) is 5.92 Å². The Kier molecular flexibility index (Phi) is 6.89.